The Kier molecular flexibility index (Phi) is 3.30. The second-order valence-corrected chi connectivity index (χ2v) is 4.08. The first kappa shape index (κ1) is 11.5. The number of rotatable bonds is 3. The molecule has 2 aromatic carbocycles. The number of carbonyl (C=O) groups is 1. The fourth-order valence-electron chi connectivity index (χ4n) is 1.54. The van der Waals surface area contributed by atoms with Gasteiger partial charge in [-0.25, -0.2) is 0 Å². The molecule has 0 aliphatic rings. The van der Waals surface area contributed by atoms with Crippen molar-refractivity contribution in [1.29, 1.82) is 0 Å². The maximum atomic E-state index is 12.1. The second-order valence-electron chi connectivity index (χ2n) is 3.64. The van der Waals surface area contributed by atoms with E-state index in [1.165, 1.54) is 0 Å². The molecule has 0 amide bonds. The highest BCUT2D eigenvalue weighted by molar-refractivity contribution is 7.80. The molecule has 0 spiro atoms. The summed E-state index contributed by atoms with van der Waals surface area (Å²) in [5.74, 6) is 0.0000831. The molecule has 0 saturated carbocycles. The van der Waals surface area contributed by atoms with Crippen LogP contribution in [0, 0.1) is 0 Å². The van der Waals surface area contributed by atoms with Gasteiger partial charge in [-0.15, -0.1) is 0 Å². The van der Waals surface area contributed by atoms with Crippen molar-refractivity contribution in [1.82, 2.24) is 0 Å². The molecule has 2 rings (SSSR count). The van der Waals surface area contributed by atoms with E-state index in [0.717, 1.165) is 5.56 Å². The van der Waals surface area contributed by atoms with Crippen molar-refractivity contribution in [3.05, 3.63) is 71.3 Å². The maximum absolute atomic E-state index is 12.1. The molecule has 3 heteroatoms. The van der Waals surface area contributed by atoms with E-state index in [1.807, 2.05) is 18.2 Å². The zero-order valence-electron chi connectivity index (χ0n) is 9.09. The Labute approximate surface area is 105 Å². The molecule has 84 valence electrons. The van der Waals surface area contributed by atoms with E-state index in [9.17, 15) is 4.79 Å². The smallest absolute Gasteiger partial charge is 0.193 e. The molecule has 2 N–H and O–H groups in total. The molecule has 0 aliphatic heterocycles. The van der Waals surface area contributed by atoms with Gasteiger partial charge in [0.05, 0.1) is 0 Å². The minimum absolute atomic E-state index is 0.0000831. The summed E-state index contributed by atoms with van der Waals surface area (Å²) in [6.07, 6.45) is 0. The topological polar surface area (TPSA) is 43.1 Å². The van der Waals surface area contributed by atoms with E-state index in [0.29, 0.717) is 16.1 Å². The van der Waals surface area contributed by atoms with Gasteiger partial charge in [0.1, 0.15) is 4.99 Å². The number of nitrogens with two attached hydrogens (primary N) is 1. The summed E-state index contributed by atoms with van der Waals surface area (Å²) < 4.78 is 0. The zero-order valence-corrected chi connectivity index (χ0v) is 9.91. The molecule has 0 aliphatic carbocycles. The minimum atomic E-state index is 0.0000831. The van der Waals surface area contributed by atoms with Crippen LogP contribution in [0.3, 0.4) is 0 Å². The summed E-state index contributed by atoms with van der Waals surface area (Å²) in [7, 11) is 0. The average molecular weight is 241 g/mol. The van der Waals surface area contributed by atoms with Gasteiger partial charge in [-0.2, -0.15) is 0 Å². The van der Waals surface area contributed by atoms with Crippen molar-refractivity contribution in [2.45, 2.75) is 0 Å². The van der Waals surface area contributed by atoms with Gasteiger partial charge in [0, 0.05) is 16.7 Å². The first-order chi connectivity index (χ1) is 8.18. The molecule has 0 fully saturated rings. The van der Waals surface area contributed by atoms with E-state index >= 15 is 0 Å². The van der Waals surface area contributed by atoms with Gasteiger partial charge in [0.15, 0.2) is 5.78 Å². The van der Waals surface area contributed by atoms with Crippen LogP contribution in [0.2, 0.25) is 0 Å². The third kappa shape index (κ3) is 2.57. The fraction of sp³-hybridized carbons (Fsp3) is 0. The van der Waals surface area contributed by atoms with Gasteiger partial charge in [-0.05, 0) is 0 Å². The van der Waals surface area contributed by atoms with Crippen molar-refractivity contribution in [2.75, 3.05) is 0 Å². The Hall–Kier alpha value is -2.00. The Morgan fingerprint density at radius 2 is 1.29 bits per heavy atom. The van der Waals surface area contributed by atoms with E-state index in [-0.39, 0.29) is 5.78 Å². The first-order valence-electron chi connectivity index (χ1n) is 5.18. The summed E-state index contributed by atoms with van der Waals surface area (Å²) in [4.78, 5) is 12.4. The van der Waals surface area contributed by atoms with Gasteiger partial charge in [-0.1, -0.05) is 66.8 Å². The minimum Gasteiger partial charge on any atom is -0.389 e. The van der Waals surface area contributed by atoms with Crippen molar-refractivity contribution in [2.24, 2.45) is 5.73 Å². The predicted octanol–water partition coefficient (Wildman–Crippen LogP) is 2.55. The summed E-state index contributed by atoms with van der Waals surface area (Å²) in [5.41, 5.74) is 7.58. The maximum Gasteiger partial charge on any atom is 0.193 e. The molecule has 0 heterocycles. The monoisotopic (exact) mass is 241 g/mol. The number of hydrogen-bond donors (Lipinski definition) is 1. The number of ketones is 1. The predicted molar refractivity (Wildman–Crippen MR) is 72.2 cm³/mol. The highest BCUT2D eigenvalue weighted by Crippen LogP contribution is 2.10. The second kappa shape index (κ2) is 4.89. The molecule has 2 aromatic rings. The first-order valence-corrected chi connectivity index (χ1v) is 5.59. The molecule has 0 atom stereocenters. The molecule has 17 heavy (non-hydrogen) atoms. The van der Waals surface area contributed by atoms with Crippen LogP contribution in [0.1, 0.15) is 21.5 Å². The quantitative estimate of drug-likeness (QED) is 0.663. The lowest BCUT2D eigenvalue weighted by molar-refractivity contribution is 0.103. The molecular formula is C14H11NOS. The van der Waals surface area contributed by atoms with Crippen LogP contribution in [0.5, 0.6) is 0 Å². The van der Waals surface area contributed by atoms with Crippen molar-refractivity contribution in [3.63, 3.8) is 0 Å². The summed E-state index contributed by atoms with van der Waals surface area (Å²) in [6, 6.07) is 16.2. The van der Waals surface area contributed by atoms with Gasteiger partial charge >= 0.3 is 0 Å². The number of hydrogen-bond acceptors (Lipinski definition) is 2. The SMILES string of the molecule is NC(=S)c1ccc(C(=O)c2ccccc2)cc1. The fourth-order valence-corrected chi connectivity index (χ4v) is 1.68. The van der Waals surface area contributed by atoms with Crippen LogP contribution in [-0.4, -0.2) is 10.8 Å². The van der Waals surface area contributed by atoms with Crippen LogP contribution in [0.4, 0.5) is 0 Å². The third-order valence-corrected chi connectivity index (χ3v) is 2.70. The Morgan fingerprint density at radius 3 is 1.82 bits per heavy atom. The summed E-state index contributed by atoms with van der Waals surface area (Å²) in [6.45, 7) is 0. The average Bonchev–Trinajstić information content (AvgIpc) is 2.39. The Balaban J connectivity index is 2.30. The van der Waals surface area contributed by atoms with E-state index in [4.69, 9.17) is 18.0 Å². The van der Waals surface area contributed by atoms with Gasteiger partial charge in [0.25, 0.3) is 0 Å². The number of benzene rings is 2. The highest BCUT2D eigenvalue weighted by atomic mass is 32.1. The third-order valence-electron chi connectivity index (χ3n) is 2.47. The van der Waals surface area contributed by atoms with Crippen LogP contribution < -0.4 is 5.73 Å². The normalized spacial score (nSPS) is 9.88. The Morgan fingerprint density at radius 1 is 0.824 bits per heavy atom. The van der Waals surface area contributed by atoms with Gasteiger partial charge < -0.3 is 5.73 Å². The Bertz CT molecular complexity index is 546. The summed E-state index contributed by atoms with van der Waals surface area (Å²) in [5, 5.41) is 0. The molecule has 0 unspecified atom stereocenters. The van der Waals surface area contributed by atoms with Crippen LogP contribution in [0.15, 0.2) is 54.6 Å². The van der Waals surface area contributed by atoms with E-state index in [1.54, 1.807) is 36.4 Å². The van der Waals surface area contributed by atoms with Gasteiger partial charge in [-0.3, -0.25) is 4.79 Å². The lowest BCUT2D eigenvalue weighted by Crippen LogP contribution is -2.09. The lowest BCUT2D eigenvalue weighted by atomic mass is 10.0. The van der Waals surface area contributed by atoms with Crippen LogP contribution >= 0.6 is 12.2 Å². The van der Waals surface area contributed by atoms with E-state index < -0.39 is 0 Å². The van der Waals surface area contributed by atoms with Crippen LogP contribution in [-0.2, 0) is 0 Å². The molecular weight excluding hydrogens is 230 g/mol. The summed E-state index contributed by atoms with van der Waals surface area (Å²) >= 11 is 4.86. The zero-order chi connectivity index (χ0) is 12.3. The molecule has 0 aromatic heterocycles. The lowest BCUT2D eigenvalue weighted by Gasteiger charge is -2.02. The highest BCUT2D eigenvalue weighted by Gasteiger charge is 2.08. The van der Waals surface area contributed by atoms with Gasteiger partial charge in [0.2, 0.25) is 0 Å². The van der Waals surface area contributed by atoms with Crippen molar-refractivity contribution in [3.8, 4) is 0 Å². The van der Waals surface area contributed by atoms with Crippen molar-refractivity contribution < 1.29 is 4.79 Å². The van der Waals surface area contributed by atoms with Crippen molar-refractivity contribution >= 4 is 23.0 Å². The van der Waals surface area contributed by atoms with Crippen LogP contribution in [0.25, 0.3) is 0 Å². The number of thiocarbonyl (C=S) groups is 1. The molecule has 0 saturated heterocycles. The largest absolute Gasteiger partial charge is 0.389 e. The number of carbonyl (C=O) groups excluding carboxylic acids is 1. The standard InChI is InChI=1S/C14H11NOS/c15-14(17)12-8-6-11(7-9-12)13(16)10-4-2-1-3-5-10/h1-9H,(H2,15,17). The molecule has 0 bridgehead atoms. The van der Waals surface area contributed by atoms with E-state index in [2.05, 4.69) is 0 Å². The molecule has 2 nitrogen and oxygen atoms in total. The molecule has 0 radical (unpaired) electrons.